The van der Waals surface area contributed by atoms with Crippen LogP contribution in [0.1, 0.15) is 16.7 Å². The molecule has 20 heavy (non-hydrogen) atoms. The standard InChI is InChI=1S/C17H18O3/c1-13-6-3-4-8-15(13)11-17(18)20-12-14-7-5-9-16(10-14)19-2/h3-10H,11-12H2,1-2H3. The van der Waals surface area contributed by atoms with Gasteiger partial charge in [0.05, 0.1) is 13.5 Å². The van der Waals surface area contributed by atoms with Crippen molar-refractivity contribution in [2.24, 2.45) is 0 Å². The first-order valence-electron chi connectivity index (χ1n) is 6.52. The molecule has 2 aromatic carbocycles. The first kappa shape index (κ1) is 14.1. The third kappa shape index (κ3) is 3.85. The van der Waals surface area contributed by atoms with E-state index in [2.05, 4.69) is 0 Å². The normalized spacial score (nSPS) is 10.1. The summed E-state index contributed by atoms with van der Waals surface area (Å²) < 4.78 is 10.4. The first-order chi connectivity index (χ1) is 9.69. The Kier molecular flexibility index (Phi) is 4.77. The van der Waals surface area contributed by atoms with Crippen molar-refractivity contribution >= 4 is 5.97 Å². The lowest BCUT2D eigenvalue weighted by Crippen LogP contribution is -2.09. The van der Waals surface area contributed by atoms with E-state index in [0.29, 0.717) is 6.42 Å². The number of esters is 1. The minimum absolute atomic E-state index is 0.220. The molecule has 0 heterocycles. The predicted octanol–water partition coefficient (Wildman–Crippen LogP) is 3.29. The van der Waals surface area contributed by atoms with Gasteiger partial charge in [-0.2, -0.15) is 0 Å². The molecule has 0 spiro atoms. The van der Waals surface area contributed by atoms with Crippen LogP contribution in [0.3, 0.4) is 0 Å². The van der Waals surface area contributed by atoms with Gasteiger partial charge < -0.3 is 9.47 Å². The van der Waals surface area contributed by atoms with E-state index < -0.39 is 0 Å². The van der Waals surface area contributed by atoms with Crippen LogP contribution >= 0.6 is 0 Å². The van der Waals surface area contributed by atoms with Crippen molar-refractivity contribution in [1.29, 1.82) is 0 Å². The molecule has 0 aliphatic heterocycles. The lowest BCUT2D eigenvalue weighted by Gasteiger charge is -2.08. The van der Waals surface area contributed by atoms with Crippen LogP contribution in [-0.2, 0) is 22.6 Å². The summed E-state index contributed by atoms with van der Waals surface area (Å²) in [4.78, 5) is 11.8. The summed E-state index contributed by atoms with van der Waals surface area (Å²) in [6, 6.07) is 15.3. The Hall–Kier alpha value is -2.29. The molecule has 0 saturated carbocycles. The van der Waals surface area contributed by atoms with Gasteiger partial charge in [-0.15, -0.1) is 0 Å². The molecular formula is C17H18O3. The van der Waals surface area contributed by atoms with Crippen molar-refractivity contribution in [2.45, 2.75) is 20.0 Å². The summed E-state index contributed by atoms with van der Waals surface area (Å²) in [5.74, 6) is 0.541. The van der Waals surface area contributed by atoms with Crippen LogP contribution in [0.4, 0.5) is 0 Å². The van der Waals surface area contributed by atoms with E-state index in [9.17, 15) is 4.79 Å². The molecule has 0 aliphatic rings. The van der Waals surface area contributed by atoms with Crippen LogP contribution in [0.5, 0.6) is 5.75 Å². The smallest absolute Gasteiger partial charge is 0.310 e. The summed E-state index contributed by atoms with van der Waals surface area (Å²) in [6.45, 7) is 2.26. The fourth-order valence-electron chi connectivity index (χ4n) is 1.94. The molecular weight excluding hydrogens is 252 g/mol. The van der Waals surface area contributed by atoms with Crippen LogP contribution in [0.2, 0.25) is 0 Å². The van der Waals surface area contributed by atoms with E-state index in [1.807, 2.05) is 55.5 Å². The van der Waals surface area contributed by atoms with Gasteiger partial charge in [0, 0.05) is 0 Å². The van der Waals surface area contributed by atoms with Gasteiger partial charge in [0.15, 0.2) is 0 Å². The average molecular weight is 270 g/mol. The van der Waals surface area contributed by atoms with Gasteiger partial charge in [0.1, 0.15) is 12.4 Å². The molecule has 0 aliphatic carbocycles. The van der Waals surface area contributed by atoms with Crippen molar-refractivity contribution in [2.75, 3.05) is 7.11 Å². The van der Waals surface area contributed by atoms with E-state index in [-0.39, 0.29) is 12.6 Å². The zero-order valence-corrected chi connectivity index (χ0v) is 11.8. The quantitative estimate of drug-likeness (QED) is 0.782. The van der Waals surface area contributed by atoms with Crippen LogP contribution in [0.15, 0.2) is 48.5 Å². The minimum Gasteiger partial charge on any atom is -0.497 e. The molecule has 0 aromatic heterocycles. The number of carbonyl (C=O) groups is 1. The maximum absolute atomic E-state index is 11.8. The molecule has 0 radical (unpaired) electrons. The van der Waals surface area contributed by atoms with Gasteiger partial charge in [-0.3, -0.25) is 4.79 Å². The third-order valence-electron chi connectivity index (χ3n) is 3.13. The molecule has 2 rings (SSSR count). The maximum atomic E-state index is 11.8. The van der Waals surface area contributed by atoms with E-state index in [1.165, 1.54) is 0 Å². The summed E-state index contributed by atoms with van der Waals surface area (Å²) in [7, 11) is 1.61. The van der Waals surface area contributed by atoms with Crippen molar-refractivity contribution in [3.05, 3.63) is 65.2 Å². The molecule has 0 saturated heterocycles. The Balaban J connectivity index is 1.90. The number of benzene rings is 2. The Morgan fingerprint density at radius 1 is 1.10 bits per heavy atom. The summed E-state index contributed by atoms with van der Waals surface area (Å²) in [5.41, 5.74) is 3.02. The highest BCUT2D eigenvalue weighted by atomic mass is 16.5. The number of carbonyl (C=O) groups excluding carboxylic acids is 1. The average Bonchev–Trinajstić information content (AvgIpc) is 2.48. The van der Waals surface area contributed by atoms with Crippen LogP contribution < -0.4 is 4.74 Å². The Bertz CT molecular complexity index is 590. The number of methoxy groups -OCH3 is 1. The molecule has 0 bridgehead atoms. The van der Waals surface area contributed by atoms with E-state index >= 15 is 0 Å². The van der Waals surface area contributed by atoms with Crippen molar-refractivity contribution < 1.29 is 14.3 Å². The molecule has 2 aromatic rings. The fourth-order valence-corrected chi connectivity index (χ4v) is 1.94. The Morgan fingerprint density at radius 3 is 2.65 bits per heavy atom. The van der Waals surface area contributed by atoms with Gasteiger partial charge >= 0.3 is 5.97 Å². The minimum atomic E-state index is -0.220. The second-order valence-electron chi connectivity index (χ2n) is 4.62. The summed E-state index contributed by atoms with van der Waals surface area (Å²) in [6.07, 6.45) is 0.302. The number of hydrogen-bond acceptors (Lipinski definition) is 3. The number of ether oxygens (including phenoxy) is 2. The monoisotopic (exact) mass is 270 g/mol. The molecule has 0 fully saturated rings. The molecule has 3 nitrogen and oxygen atoms in total. The number of hydrogen-bond donors (Lipinski definition) is 0. The van der Waals surface area contributed by atoms with E-state index in [0.717, 1.165) is 22.4 Å². The Morgan fingerprint density at radius 2 is 1.90 bits per heavy atom. The maximum Gasteiger partial charge on any atom is 0.310 e. The second-order valence-corrected chi connectivity index (χ2v) is 4.62. The predicted molar refractivity (Wildman–Crippen MR) is 77.7 cm³/mol. The van der Waals surface area contributed by atoms with Gasteiger partial charge in [0.2, 0.25) is 0 Å². The van der Waals surface area contributed by atoms with Gasteiger partial charge in [-0.1, -0.05) is 36.4 Å². The SMILES string of the molecule is COc1cccc(COC(=O)Cc2ccccc2C)c1. The highest BCUT2D eigenvalue weighted by Crippen LogP contribution is 2.14. The van der Waals surface area contributed by atoms with Gasteiger partial charge in [-0.25, -0.2) is 0 Å². The van der Waals surface area contributed by atoms with Crippen LogP contribution in [-0.4, -0.2) is 13.1 Å². The molecule has 3 heteroatoms. The van der Waals surface area contributed by atoms with Crippen molar-refractivity contribution in [3.8, 4) is 5.75 Å². The van der Waals surface area contributed by atoms with Crippen molar-refractivity contribution in [1.82, 2.24) is 0 Å². The fraction of sp³-hybridized carbons (Fsp3) is 0.235. The zero-order chi connectivity index (χ0) is 14.4. The summed E-state index contributed by atoms with van der Waals surface area (Å²) in [5, 5.41) is 0. The summed E-state index contributed by atoms with van der Waals surface area (Å²) >= 11 is 0. The van der Waals surface area contributed by atoms with E-state index in [1.54, 1.807) is 7.11 Å². The second kappa shape index (κ2) is 6.75. The van der Waals surface area contributed by atoms with Gasteiger partial charge in [-0.05, 0) is 35.7 Å². The molecule has 0 N–H and O–H groups in total. The molecule has 0 atom stereocenters. The number of rotatable bonds is 5. The Labute approximate surface area is 119 Å². The first-order valence-corrected chi connectivity index (χ1v) is 6.52. The third-order valence-corrected chi connectivity index (χ3v) is 3.13. The van der Waals surface area contributed by atoms with Gasteiger partial charge in [0.25, 0.3) is 0 Å². The largest absolute Gasteiger partial charge is 0.497 e. The van der Waals surface area contributed by atoms with Crippen molar-refractivity contribution in [3.63, 3.8) is 0 Å². The van der Waals surface area contributed by atoms with E-state index in [4.69, 9.17) is 9.47 Å². The lowest BCUT2D eigenvalue weighted by atomic mass is 10.1. The highest BCUT2D eigenvalue weighted by Gasteiger charge is 2.07. The van der Waals surface area contributed by atoms with Crippen LogP contribution in [0, 0.1) is 6.92 Å². The topological polar surface area (TPSA) is 35.5 Å². The number of aryl methyl sites for hydroxylation is 1. The van der Waals surface area contributed by atoms with Crippen LogP contribution in [0.25, 0.3) is 0 Å². The zero-order valence-electron chi connectivity index (χ0n) is 11.8. The molecule has 0 amide bonds. The molecule has 0 unspecified atom stereocenters. The lowest BCUT2D eigenvalue weighted by molar-refractivity contribution is -0.144. The highest BCUT2D eigenvalue weighted by molar-refractivity contribution is 5.73. The molecule has 104 valence electrons.